The van der Waals surface area contributed by atoms with E-state index in [1.54, 1.807) is 39.1 Å². The molecule has 210 valence electrons. The van der Waals surface area contributed by atoms with Crippen molar-refractivity contribution in [3.05, 3.63) is 41.8 Å². The molecular formula is C28H37FN6O4. The minimum Gasteiger partial charge on any atom is -0.444 e. The van der Waals surface area contributed by atoms with Crippen molar-refractivity contribution in [1.82, 2.24) is 20.2 Å². The van der Waals surface area contributed by atoms with Crippen LogP contribution in [0.1, 0.15) is 58.9 Å². The fourth-order valence-electron chi connectivity index (χ4n) is 3.86. The Bertz CT molecular complexity index is 1210. The Hall–Kier alpha value is -3.91. The Balaban J connectivity index is 1.53. The quantitative estimate of drug-likeness (QED) is 0.279. The van der Waals surface area contributed by atoms with Gasteiger partial charge in [0.15, 0.2) is 0 Å². The highest BCUT2D eigenvalue weighted by atomic mass is 19.1. The molecule has 0 spiro atoms. The van der Waals surface area contributed by atoms with Gasteiger partial charge in [0.05, 0.1) is 24.4 Å². The molecule has 2 amide bonds. The van der Waals surface area contributed by atoms with Gasteiger partial charge in [-0.05, 0) is 51.8 Å². The second-order valence-corrected chi connectivity index (χ2v) is 10.3. The van der Waals surface area contributed by atoms with Crippen LogP contribution in [0.3, 0.4) is 0 Å². The number of unbranched alkanes of at least 4 members (excludes halogenated alkanes) is 1. The standard InChI is InChI=1S/C28H37FN6O4/c1-5-13-30-24-19(17-32-26(34-24)33-21-12-9-11-20(29)15-21)10-7-6-8-14-31-25(37)23-16-22(36)18-35(23)27(38)39-28(2,3)4/h9,11-12,15,17,22-23,36H,5-6,8,13-14,16,18H2,1-4H3,(H,31,37)(H2,30,32,33,34)/t22-,23+/m1/s1. The fourth-order valence-corrected chi connectivity index (χ4v) is 3.86. The van der Waals surface area contributed by atoms with Crippen LogP contribution in [0, 0.1) is 17.7 Å². The molecule has 0 bridgehead atoms. The average Bonchev–Trinajstić information content (AvgIpc) is 3.26. The summed E-state index contributed by atoms with van der Waals surface area (Å²) in [5, 5.41) is 19.1. The van der Waals surface area contributed by atoms with E-state index >= 15 is 0 Å². The number of anilines is 3. The third-order valence-electron chi connectivity index (χ3n) is 5.62. The number of rotatable bonds is 9. The Morgan fingerprint density at radius 3 is 2.79 bits per heavy atom. The molecule has 2 heterocycles. The van der Waals surface area contributed by atoms with Gasteiger partial charge in [-0.1, -0.05) is 24.8 Å². The lowest BCUT2D eigenvalue weighted by atomic mass is 10.2. The number of halogens is 1. The Morgan fingerprint density at radius 1 is 1.28 bits per heavy atom. The van der Waals surface area contributed by atoms with E-state index in [4.69, 9.17) is 4.74 Å². The predicted octanol–water partition coefficient (Wildman–Crippen LogP) is 3.80. The average molecular weight is 541 g/mol. The Morgan fingerprint density at radius 2 is 2.08 bits per heavy atom. The second-order valence-electron chi connectivity index (χ2n) is 10.3. The van der Waals surface area contributed by atoms with Crippen LogP contribution in [0.5, 0.6) is 0 Å². The summed E-state index contributed by atoms with van der Waals surface area (Å²) in [6.45, 7) is 8.43. The van der Waals surface area contributed by atoms with E-state index in [-0.39, 0.29) is 24.7 Å². The summed E-state index contributed by atoms with van der Waals surface area (Å²) in [6.07, 6.45) is 2.40. The van der Waals surface area contributed by atoms with Gasteiger partial charge in [-0.25, -0.2) is 14.2 Å². The highest BCUT2D eigenvalue weighted by Gasteiger charge is 2.40. The third-order valence-corrected chi connectivity index (χ3v) is 5.62. The lowest BCUT2D eigenvalue weighted by Gasteiger charge is -2.27. The number of hydrogen-bond donors (Lipinski definition) is 4. The van der Waals surface area contributed by atoms with Crippen molar-refractivity contribution in [2.45, 2.75) is 71.1 Å². The third kappa shape index (κ3) is 9.41. The number of hydrogen-bond acceptors (Lipinski definition) is 8. The normalized spacial score (nSPS) is 16.7. The van der Waals surface area contributed by atoms with Crippen molar-refractivity contribution in [1.29, 1.82) is 0 Å². The van der Waals surface area contributed by atoms with Crippen molar-refractivity contribution >= 4 is 29.5 Å². The number of nitrogens with zero attached hydrogens (tertiary/aromatic N) is 3. The first-order chi connectivity index (χ1) is 18.6. The fraction of sp³-hybridized carbons (Fsp3) is 0.500. The molecule has 2 atom stereocenters. The summed E-state index contributed by atoms with van der Waals surface area (Å²) in [6, 6.07) is 5.28. The zero-order chi connectivity index (χ0) is 28.4. The number of benzene rings is 1. The number of carbonyl (C=O) groups is 2. The molecule has 11 heteroatoms. The van der Waals surface area contributed by atoms with Crippen LogP contribution in [0.2, 0.25) is 0 Å². The van der Waals surface area contributed by atoms with Gasteiger partial charge in [-0.2, -0.15) is 4.98 Å². The van der Waals surface area contributed by atoms with Gasteiger partial charge in [0.25, 0.3) is 0 Å². The number of amides is 2. The summed E-state index contributed by atoms with van der Waals surface area (Å²) >= 11 is 0. The first-order valence-corrected chi connectivity index (χ1v) is 13.1. The molecule has 4 N–H and O–H groups in total. The van der Waals surface area contributed by atoms with Gasteiger partial charge in [0, 0.05) is 31.6 Å². The lowest BCUT2D eigenvalue weighted by molar-refractivity contribution is -0.125. The zero-order valence-electron chi connectivity index (χ0n) is 22.9. The van der Waals surface area contributed by atoms with Crippen LogP contribution in [0.25, 0.3) is 0 Å². The van der Waals surface area contributed by atoms with Crippen molar-refractivity contribution in [3.8, 4) is 11.8 Å². The molecule has 1 aliphatic rings. The highest BCUT2D eigenvalue weighted by Crippen LogP contribution is 2.22. The minimum atomic E-state index is -0.773. The van der Waals surface area contributed by atoms with Gasteiger partial charge < -0.3 is 25.8 Å². The monoisotopic (exact) mass is 540 g/mol. The molecule has 1 aliphatic heterocycles. The Labute approximate surface area is 228 Å². The lowest BCUT2D eigenvalue weighted by Crippen LogP contribution is -2.47. The molecule has 1 aromatic heterocycles. The van der Waals surface area contributed by atoms with E-state index in [1.807, 2.05) is 6.92 Å². The molecule has 3 rings (SSSR count). The van der Waals surface area contributed by atoms with E-state index in [2.05, 4.69) is 37.8 Å². The van der Waals surface area contributed by atoms with Crippen LogP contribution in [-0.2, 0) is 9.53 Å². The molecule has 0 unspecified atom stereocenters. The van der Waals surface area contributed by atoms with E-state index < -0.39 is 23.8 Å². The number of likely N-dealkylation sites (tertiary alicyclic amines) is 1. The Kier molecular flexibility index (Phi) is 10.5. The number of carbonyl (C=O) groups excluding carboxylic acids is 2. The predicted molar refractivity (Wildman–Crippen MR) is 147 cm³/mol. The summed E-state index contributed by atoms with van der Waals surface area (Å²) in [5.41, 5.74) is 0.475. The number of aliphatic hydroxyl groups excluding tert-OH is 1. The summed E-state index contributed by atoms with van der Waals surface area (Å²) < 4.78 is 18.9. The van der Waals surface area contributed by atoms with Crippen molar-refractivity contribution in [3.63, 3.8) is 0 Å². The van der Waals surface area contributed by atoms with E-state index in [0.717, 1.165) is 6.42 Å². The molecule has 10 nitrogen and oxygen atoms in total. The topological polar surface area (TPSA) is 129 Å². The molecule has 1 saturated heterocycles. The molecule has 2 aromatic rings. The van der Waals surface area contributed by atoms with Crippen molar-refractivity contribution in [2.75, 3.05) is 30.3 Å². The largest absolute Gasteiger partial charge is 0.444 e. The molecule has 1 aromatic carbocycles. The zero-order valence-corrected chi connectivity index (χ0v) is 22.9. The van der Waals surface area contributed by atoms with Gasteiger partial charge in [-0.15, -0.1) is 0 Å². The van der Waals surface area contributed by atoms with E-state index in [0.29, 0.717) is 48.9 Å². The molecule has 0 radical (unpaired) electrons. The molecule has 0 saturated carbocycles. The van der Waals surface area contributed by atoms with Gasteiger partial charge in [0.1, 0.15) is 23.3 Å². The number of aromatic nitrogens is 2. The van der Waals surface area contributed by atoms with Crippen molar-refractivity contribution < 1.29 is 23.8 Å². The van der Waals surface area contributed by atoms with Crippen LogP contribution >= 0.6 is 0 Å². The maximum Gasteiger partial charge on any atom is 0.411 e. The summed E-state index contributed by atoms with van der Waals surface area (Å²) in [4.78, 5) is 35.2. The molecule has 39 heavy (non-hydrogen) atoms. The number of ether oxygens (including phenoxy) is 1. The maximum atomic E-state index is 13.5. The number of nitrogens with one attached hydrogen (secondary N) is 3. The molecule has 0 aliphatic carbocycles. The molecule has 1 fully saturated rings. The molecular weight excluding hydrogens is 503 g/mol. The maximum absolute atomic E-state index is 13.5. The van der Waals surface area contributed by atoms with Crippen LogP contribution in [0.15, 0.2) is 30.5 Å². The number of aliphatic hydroxyl groups is 1. The van der Waals surface area contributed by atoms with Gasteiger partial charge >= 0.3 is 6.09 Å². The van der Waals surface area contributed by atoms with E-state index in [1.165, 1.54) is 17.0 Å². The second kappa shape index (κ2) is 13.8. The van der Waals surface area contributed by atoms with E-state index in [9.17, 15) is 19.1 Å². The van der Waals surface area contributed by atoms with Crippen LogP contribution in [0.4, 0.5) is 26.6 Å². The number of β-amino-alcohol motifs (C(OH)–C–C–N with tert-alkyl or cyclic N) is 1. The van der Waals surface area contributed by atoms with Crippen molar-refractivity contribution in [2.24, 2.45) is 0 Å². The highest BCUT2D eigenvalue weighted by molar-refractivity contribution is 5.86. The summed E-state index contributed by atoms with van der Waals surface area (Å²) in [7, 11) is 0. The summed E-state index contributed by atoms with van der Waals surface area (Å²) in [5.74, 6) is 6.37. The van der Waals surface area contributed by atoms with Crippen LogP contribution < -0.4 is 16.0 Å². The van der Waals surface area contributed by atoms with Gasteiger partial charge in [-0.3, -0.25) is 9.69 Å². The first kappa shape index (κ1) is 29.6. The minimum absolute atomic E-state index is 0.0610. The smallest absolute Gasteiger partial charge is 0.411 e. The SMILES string of the molecule is CCCNc1nc(Nc2cccc(F)c2)ncc1C#CCCCNC(=O)[C@@H]1C[C@@H](O)CN1C(=O)OC(C)(C)C. The first-order valence-electron chi connectivity index (χ1n) is 13.1. The van der Waals surface area contributed by atoms with Gasteiger partial charge in [0.2, 0.25) is 11.9 Å². The van der Waals surface area contributed by atoms with Crippen LogP contribution in [-0.4, -0.2) is 69.4 Å².